The molecule has 0 unspecified atom stereocenters. The second-order valence-electron chi connectivity index (χ2n) is 3.88. The highest BCUT2D eigenvalue weighted by Crippen LogP contribution is 1.95. The molecule has 0 aromatic heterocycles. The van der Waals surface area contributed by atoms with Gasteiger partial charge in [0, 0.05) is 20.1 Å². The molecule has 0 rings (SSSR count). The van der Waals surface area contributed by atoms with Crippen LogP contribution >= 0.6 is 0 Å². The minimum atomic E-state index is 0.261. The van der Waals surface area contributed by atoms with Crippen LogP contribution in [0.15, 0.2) is 5.16 Å². The Hall–Kier alpha value is -0.890. The first-order valence-electron chi connectivity index (χ1n) is 6.49. The lowest BCUT2D eigenvalue weighted by atomic mass is 10.2. The minimum Gasteiger partial charge on any atom is -0.409 e. The van der Waals surface area contributed by atoms with E-state index >= 15 is 0 Å². The lowest BCUT2D eigenvalue weighted by Gasteiger charge is -2.06. The van der Waals surface area contributed by atoms with Crippen LogP contribution in [0.1, 0.15) is 19.3 Å². The number of hydrogen-bond donors (Lipinski definition) is 2. The number of nitrogens with two attached hydrogens (primary N) is 1. The highest BCUT2D eigenvalue weighted by atomic mass is 16.6. The van der Waals surface area contributed by atoms with Crippen LogP contribution in [-0.2, 0) is 18.9 Å². The predicted octanol–water partition coefficient (Wildman–Crippen LogP) is 0.599. The normalized spacial score (nSPS) is 11.9. The Balaban J connectivity index is 2.99. The molecule has 0 aliphatic heterocycles. The Morgan fingerprint density at radius 3 is 1.95 bits per heavy atom. The average Bonchev–Trinajstić information content (AvgIpc) is 2.43. The Kier molecular flexibility index (Phi) is 14.5. The molecule has 0 amide bonds. The topological polar surface area (TPSA) is 95.5 Å². The Labute approximate surface area is 114 Å². The smallest absolute Gasteiger partial charge is 0.139 e. The fraction of sp³-hybridized carbons (Fsp3) is 0.917. The van der Waals surface area contributed by atoms with Gasteiger partial charge in [-0.15, -0.1) is 0 Å². The first kappa shape index (κ1) is 18.1. The quantitative estimate of drug-likeness (QED) is 0.159. The monoisotopic (exact) mass is 278 g/mol. The number of oxime groups is 1. The van der Waals surface area contributed by atoms with Crippen molar-refractivity contribution in [3.8, 4) is 0 Å². The summed E-state index contributed by atoms with van der Waals surface area (Å²) in [6, 6.07) is 0. The SMILES string of the molecule is COCCOCCOCCOCCCCC(N)=NO. The van der Waals surface area contributed by atoms with E-state index < -0.39 is 0 Å². The van der Waals surface area contributed by atoms with E-state index in [0.29, 0.717) is 52.7 Å². The molecule has 0 aromatic carbocycles. The summed E-state index contributed by atoms with van der Waals surface area (Å²) in [4.78, 5) is 0. The van der Waals surface area contributed by atoms with E-state index in [1.807, 2.05) is 0 Å². The van der Waals surface area contributed by atoms with Crippen LogP contribution in [0.2, 0.25) is 0 Å². The zero-order chi connectivity index (χ0) is 14.2. The second kappa shape index (κ2) is 15.2. The van der Waals surface area contributed by atoms with Crippen molar-refractivity contribution in [2.45, 2.75) is 19.3 Å². The zero-order valence-corrected chi connectivity index (χ0v) is 11.7. The van der Waals surface area contributed by atoms with Gasteiger partial charge in [0.15, 0.2) is 0 Å². The standard InChI is InChI=1S/C12H26N2O5/c1-16-6-7-18-10-11-19-9-8-17-5-3-2-4-12(13)14-15/h15H,2-11H2,1H3,(H2,13,14). The maximum Gasteiger partial charge on any atom is 0.139 e. The molecule has 0 saturated carbocycles. The molecule has 0 spiro atoms. The molecule has 19 heavy (non-hydrogen) atoms. The van der Waals surface area contributed by atoms with Gasteiger partial charge in [0.1, 0.15) is 5.84 Å². The van der Waals surface area contributed by atoms with Gasteiger partial charge in [0.25, 0.3) is 0 Å². The van der Waals surface area contributed by atoms with Crippen molar-refractivity contribution in [1.82, 2.24) is 0 Å². The molecule has 0 bridgehead atoms. The predicted molar refractivity (Wildman–Crippen MR) is 71.6 cm³/mol. The van der Waals surface area contributed by atoms with Crippen molar-refractivity contribution < 1.29 is 24.2 Å². The van der Waals surface area contributed by atoms with Gasteiger partial charge in [-0.1, -0.05) is 5.16 Å². The van der Waals surface area contributed by atoms with E-state index in [4.69, 9.17) is 29.9 Å². The number of amidine groups is 1. The van der Waals surface area contributed by atoms with E-state index in [1.165, 1.54) is 0 Å². The highest BCUT2D eigenvalue weighted by Gasteiger charge is 1.95. The third-order valence-electron chi connectivity index (χ3n) is 2.28. The Morgan fingerprint density at radius 2 is 1.42 bits per heavy atom. The molecule has 0 radical (unpaired) electrons. The van der Waals surface area contributed by atoms with Crippen LogP contribution in [0.25, 0.3) is 0 Å². The number of nitrogens with zero attached hydrogens (tertiary/aromatic N) is 1. The lowest BCUT2D eigenvalue weighted by Crippen LogP contribution is -2.12. The molecule has 0 fully saturated rings. The van der Waals surface area contributed by atoms with Crippen molar-refractivity contribution in [2.24, 2.45) is 10.9 Å². The van der Waals surface area contributed by atoms with Crippen LogP contribution in [0.5, 0.6) is 0 Å². The van der Waals surface area contributed by atoms with Crippen molar-refractivity contribution in [3.05, 3.63) is 0 Å². The van der Waals surface area contributed by atoms with Crippen LogP contribution < -0.4 is 5.73 Å². The molecule has 7 heteroatoms. The highest BCUT2D eigenvalue weighted by molar-refractivity contribution is 5.79. The number of rotatable bonds is 14. The van der Waals surface area contributed by atoms with Crippen LogP contribution in [-0.4, -0.2) is 64.4 Å². The number of methoxy groups -OCH3 is 1. The summed E-state index contributed by atoms with van der Waals surface area (Å²) in [7, 11) is 1.64. The summed E-state index contributed by atoms with van der Waals surface area (Å²) in [6.45, 7) is 4.13. The van der Waals surface area contributed by atoms with E-state index in [0.717, 1.165) is 12.8 Å². The Morgan fingerprint density at radius 1 is 0.895 bits per heavy atom. The molecular weight excluding hydrogens is 252 g/mol. The number of unbranched alkanes of at least 4 members (excludes halogenated alkanes) is 1. The summed E-state index contributed by atoms with van der Waals surface area (Å²) in [6.07, 6.45) is 2.33. The summed E-state index contributed by atoms with van der Waals surface area (Å²) in [5.74, 6) is 0.261. The Bertz CT molecular complexity index is 214. The van der Waals surface area contributed by atoms with Crippen LogP contribution in [0.4, 0.5) is 0 Å². The lowest BCUT2D eigenvalue weighted by molar-refractivity contribution is 0.00331. The summed E-state index contributed by atoms with van der Waals surface area (Å²) < 4.78 is 20.8. The molecule has 0 aromatic rings. The average molecular weight is 278 g/mol. The maximum atomic E-state index is 8.32. The molecule has 0 atom stereocenters. The molecule has 0 saturated heterocycles. The van der Waals surface area contributed by atoms with Gasteiger partial charge in [-0.2, -0.15) is 0 Å². The van der Waals surface area contributed by atoms with Gasteiger partial charge in [0.2, 0.25) is 0 Å². The van der Waals surface area contributed by atoms with E-state index in [9.17, 15) is 0 Å². The van der Waals surface area contributed by atoms with Gasteiger partial charge in [-0.05, 0) is 12.8 Å². The third-order valence-corrected chi connectivity index (χ3v) is 2.28. The molecule has 0 heterocycles. The largest absolute Gasteiger partial charge is 0.409 e. The van der Waals surface area contributed by atoms with Crippen LogP contribution in [0, 0.1) is 0 Å². The van der Waals surface area contributed by atoms with Gasteiger partial charge >= 0.3 is 0 Å². The van der Waals surface area contributed by atoms with Gasteiger partial charge in [-0.3, -0.25) is 0 Å². The molecule has 0 aliphatic rings. The zero-order valence-electron chi connectivity index (χ0n) is 11.7. The maximum absolute atomic E-state index is 8.32. The molecule has 3 N–H and O–H groups in total. The third kappa shape index (κ3) is 15.1. The number of hydrogen-bond acceptors (Lipinski definition) is 6. The van der Waals surface area contributed by atoms with Crippen molar-refractivity contribution in [2.75, 3.05) is 53.4 Å². The minimum absolute atomic E-state index is 0.261. The summed E-state index contributed by atoms with van der Waals surface area (Å²) >= 11 is 0. The summed E-state index contributed by atoms with van der Waals surface area (Å²) in [5.41, 5.74) is 5.33. The van der Waals surface area contributed by atoms with Gasteiger partial charge in [-0.25, -0.2) is 0 Å². The molecular formula is C12H26N2O5. The fourth-order valence-electron chi connectivity index (χ4n) is 1.24. The first-order valence-corrected chi connectivity index (χ1v) is 6.49. The van der Waals surface area contributed by atoms with Crippen molar-refractivity contribution in [3.63, 3.8) is 0 Å². The second-order valence-corrected chi connectivity index (χ2v) is 3.88. The molecule has 114 valence electrons. The first-order chi connectivity index (χ1) is 9.31. The summed E-state index contributed by atoms with van der Waals surface area (Å²) in [5, 5.41) is 11.2. The van der Waals surface area contributed by atoms with E-state index in [1.54, 1.807) is 7.11 Å². The molecule has 0 aliphatic carbocycles. The van der Waals surface area contributed by atoms with Gasteiger partial charge in [0.05, 0.1) is 39.6 Å². The van der Waals surface area contributed by atoms with Crippen molar-refractivity contribution in [1.29, 1.82) is 0 Å². The fourth-order valence-corrected chi connectivity index (χ4v) is 1.24. The number of ether oxygens (including phenoxy) is 4. The van der Waals surface area contributed by atoms with E-state index in [2.05, 4.69) is 5.16 Å². The van der Waals surface area contributed by atoms with Crippen LogP contribution in [0.3, 0.4) is 0 Å². The molecule has 7 nitrogen and oxygen atoms in total. The van der Waals surface area contributed by atoms with Gasteiger partial charge < -0.3 is 29.9 Å². The van der Waals surface area contributed by atoms with E-state index in [-0.39, 0.29) is 5.84 Å². The van der Waals surface area contributed by atoms with Crippen molar-refractivity contribution >= 4 is 5.84 Å².